The minimum atomic E-state index is -0.275. The highest BCUT2D eigenvalue weighted by Crippen LogP contribution is 2.53. The van der Waals surface area contributed by atoms with Crippen molar-refractivity contribution >= 4 is 5.97 Å². The lowest BCUT2D eigenvalue weighted by Crippen LogP contribution is -2.65. The molecule has 138 valence electrons. The normalized spacial score (nSPS) is 26.7. The SMILES string of the molecule is CCc1nc(-c2ccc(C(=O)O[C@@H]3[C@H]4CCCO[C@H]4C3(C)C)cc2)n[nH]1. The van der Waals surface area contributed by atoms with Gasteiger partial charge < -0.3 is 9.47 Å². The maximum Gasteiger partial charge on any atom is 0.338 e. The Balaban J connectivity index is 1.45. The van der Waals surface area contributed by atoms with Crippen LogP contribution in [0.1, 0.15) is 49.8 Å². The molecule has 0 unspecified atom stereocenters. The molecule has 6 heteroatoms. The lowest BCUT2D eigenvalue weighted by atomic mass is 9.57. The van der Waals surface area contributed by atoms with Crippen molar-refractivity contribution in [3.8, 4) is 11.4 Å². The van der Waals surface area contributed by atoms with E-state index in [2.05, 4.69) is 29.0 Å². The highest BCUT2D eigenvalue weighted by molar-refractivity contribution is 5.90. The molecule has 1 aliphatic heterocycles. The van der Waals surface area contributed by atoms with Crippen molar-refractivity contribution in [3.05, 3.63) is 35.7 Å². The molecular weight excluding hydrogens is 330 g/mol. The number of rotatable bonds is 4. The minimum Gasteiger partial charge on any atom is -0.458 e. The van der Waals surface area contributed by atoms with Crippen LogP contribution in [0.15, 0.2) is 24.3 Å². The summed E-state index contributed by atoms with van der Waals surface area (Å²) in [6.07, 6.45) is 3.03. The number of aryl methyl sites for hydroxylation is 1. The fourth-order valence-electron chi connectivity index (χ4n) is 4.24. The van der Waals surface area contributed by atoms with Crippen LogP contribution in [0, 0.1) is 11.3 Å². The molecule has 2 aliphatic rings. The van der Waals surface area contributed by atoms with Crippen LogP contribution in [0.5, 0.6) is 0 Å². The summed E-state index contributed by atoms with van der Waals surface area (Å²) in [7, 11) is 0. The average molecular weight is 355 g/mol. The van der Waals surface area contributed by atoms with E-state index in [1.165, 1.54) is 0 Å². The summed E-state index contributed by atoms with van der Waals surface area (Å²) in [5, 5.41) is 7.10. The van der Waals surface area contributed by atoms with Gasteiger partial charge in [0.25, 0.3) is 0 Å². The number of aromatic nitrogens is 3. The predicted molar refractivity (Wildman–Crippen MR) is 96.6 cm³/mol. The van der Waals surface area contributed by atoms with Gasteiger partial charge in [0, 0.05) is 29.9 Å². The molecule has 1 aromatic carbocycles. The largest absolute Gasteiger partial charge is 0.458 e. The minimum absolute atomic E-state index is 0.0832. The van der Waals surface area contributed by atoms with Crippen LogP contribution >= 0.6 is 0 Å². The molecule has 2 fully saturated rings. The van der Waals surface area contributed by atoms with Crippen molar-refractivity contribution in [2.75, 3.05) is 6.61 Å². The number of hydrogen-bond donors (Lipinski definition) is 1. The summed E-state index contributed by atoms with van der Waals surface area (Å²) in [5.74, 6) is 1.54. The zero-order chi connectivity index (χ0) is 18.3. The second kappa shape index (κ2) is 6.50. The first kappa shape index (κ1) is 17.2. The summed E-state index contributed by atoms with van der Waals surface area (Å²) in [5.41, 5.74) is 1.30. The molecule has 2 heterocycles. The number of hydrogen-bond acceptors (Lipinski definition) is 5. The van der Waals surface area contributed by atoms with Crippen molar-refractivity contribution in [1.29, 1.82) is 0 Å². The molecule has 1 aliphatic carbocycles. The molecular formula is C20H25N3O3. The quantitative estimate of drug-likeness (QED) is 0.851. The molecule has 1 N–H and O–H groups in total. The predicted octanol–water partition coefficient (Wildman–Crippen LogP) is 3.39. The van der Waals surface area contributed by atoms with Gasteiger partial charge in [0.15, 0.2) is 5.82 Å². The van der Waals surface area contributed by atoms with Crippen molar-refractivity contribution in [1.82, 2.24) is 15.2 Å². The number of fused-ring (bicyclic) bond motifs is 1. The summed E-state index contributed by atoms with van der Waals surface area (Å²) in [6.45, 7) is 7.07. The van der Waals surface area contributed by atoms with E-state index in [0.717, 1.165) is 37.3 Å². The van der Waals surface area contributed by atoms with E-state index in [9.17, 15) is 4.79 Å². The van der Waals surface area contributed by atoms with E-state index >= 15 is 0 Å². The van der Waals surface area contributed by atoms with Gasteiger partial charge in [-0.15, -0.1) is 0 Å². The van der Waals surface area contributed by atoms with Gasteiger partial charge in [-0.3, -0.25) is 5.10 Å². The van der Waals surface area contributed by atoms with Gasteiger partial charge >= 0.3 is 5.97 Å². The number of H-pyrrole nitrogens is 1. The standard InChI is InChI=1S/C20H25N3O3/c1-4-15-21-18(23-22-15)12-7-9-13(10-8-12)19(24)26-17-14-6-5-11-25-16(14)20(17,2)3/h7-10,14,16-17H,4-6,11H2,1-3H3,(H,21,22,23)/t14-,16+,17+/m0/s1. The zero-order valence-corrected chi connectivity index (χ0v) is 15.5. The Bertz CT molecular complexity index is 797. The van der Waals surface area contributed by atoms with Crippen LogP contribution in [0.25, 0.3) is 11.4 Å². The van der Waals surface area contributed by atoms with Gasteiger partial charge in [0.2, 0.25) is 0 Å². The molecule has 2 aromatic rings. The zero-order valence-electron chi connectivity index (χ0n) is 15.5. The van der Waals surface area contributed by atoms with Crippen LogP contribution in [0.3, 0.4) is 0 Å². The molecule has 1 saturated heterocycles. The number of benzene rings is 1. The van der Waals surface area contributed by atoms with Gasteiger partial charge in [-0.25, -0.2) is 9.78 Å². The number of esters is 1. The highest BCUT2D eigenvalue weighted by atomic mass is 16.6. The van der Waals surface area contributed by atoms with E-state index < -0.39 is 0 Å². The van der Waals surface area contributed by atoms with Crippen molar-refractivity contribution in [2.24, 2.45) is 11.3 Å². The molecule has 1 aromatic heterocycles. The summed E-state index contributed by atoms with van der Waals surface area (Å²) >= 11 is 0. The lowest BCUT2D eigenvalue weighted by molar-refractivity contribution is -0.243. The Morgan fingerprint density at radius 3 is 2.81 bits per heavy atom. The topological polar surface area (TPSA) is 77.1 Å². The van der Waals surface area contributed by atoms with E-state index in [0.29, 0.717) is 17.3 Å². The van der Waals surface area contributed by atoms with Gasteiger partial charge in [0.1, 0.15) is 11.9 Å². The molecule has 1 saturated carbocycles. The first-order valence-corrected chi connectivity index (χ1v) is 9.35. The third-order valence-corrected chi connectivity index (χ3v) is 5.70. The Labute approximate surface area is 153 Å². The average Bonchev–Trinajstić information content (AvgIpc) is 3.15. The number of nitrogens with zero attached hydrogens (tertiary/aromatic N) is 2. The second-order valence-electron chi connectivity index (χ2n) is 7.78. The first-order valence-electron chi connectivity index (χ1n) is 9.35. The van der Waals surface area contributed by atoms with E-state index in [1.54, 1.807) is 12.1 Å². The summed E-state index contributed by atoms with van der Waals surface area (Å²) in [6, 6.07) is 7.27. The second-order valence-corrected chi connectivity index (χ2v) is 7.78. The first-order chi connectivity index (χ1) is 12.5. The molecule has 0 radical (unpaired) electrons. The molecule has 3 atom stereocenters. The van der Waals surface area contributed by atoms with E-state index in [-0.39, 0.29) is 23.6 Å². The Kier molecular flexibility index (Phi) is 4.31. The van der Waals surface area contributed by atoms with Crippen molar-refractivity contribution in [3.63, 3.8) is 0 Å². The summed E-state index contributed by atoms with van der Waals surface area (Å²) < 4.78 is 11.7. The number of carbonyl (C=O) groups is 1. The maximum absolute atomic E-state index is 12.6. The van der Waals surface area contributed by atoms with E-state index in [1.807, 2.05) is 19.1 Å². The molecule has 0 spiro atoms. The number of nitrogens with one attached hydrogen (secondary N) is 1. The summed E-state index contributed by atoms with van der Waals surface area (Å²) in [4.78, 5) is 17.0. The smallest absolute Gasteiger partial charge is 0.338 e. The maximum atomic E-state index is 12.6. The van der Waals surface area contributed by atoms with Gasteiger partial charge in [-0.05, 0) is 25.0 Å². The Morgan fingerprint density at radius 2 is 2.12 bits per heavy atom. The molecule has 0 bridgehead atoms. The van der Waals surface area contributed by atoms with Crippen molar-refractivity contribution in [2.45, 2.75) is 52.2 Å². The molecule has 0 amide bonds. The third-order valence-electron chi connectivity index (χ3n) is 5.70. The number of aromatic amines is 1. The van der Waals surface area contributed by atoms with Crippen LogP contribution in [-0.4, -0.2) is 40.0 Å². The van der Waals surface area contributed by atoms with E-state index in [4.69, 9.17) is 9.47 Å². The van der Waals surface area contributed by atoms with Gasteiger partial charge in [-0.2, -0.15) is 5.10 Å². The van der Waals surface area contributed by atoms with Gasteiger partial charge in [0.05, 0.1) is 11.7 Å². The Hall–Kier alpha value is -2.21. The fraction of sp³-hybridized carbons (Fsp3) is 0.550. The van der Waals surface area contributed by atoms with Crippen LogP contribution in [0.2, 0.25) is 0 Å². The molecule has 6 nitrogen and oxygen atoms in total. The van der Waals surface area contributed by atoms with Crippen LogP contribution in [0.4, 0.5) is 0 Å². The Morgan fingerprint density at radius 1 is 1.35 bits per heavy atom. The fourth-order valence-corrected chi connectivity index (χ4v) is 4.24. The number of ether oxygens (including phenoxy) is 2. The molecule has 26 heavy (non-hydrogen) atoms. The third kappa shape index (κ3) is 2.82. The molecule has 4 rings (SSSR count). The van der Waals surface area contributed by atoms with Gasteiger partial charge in [-0.1, -0.05) is 32.9 Å². The number of carbonyl (C=O) groups excluding carboxylic acids is 1. The highest BCUT2D eigenvalue weighted by Gasteiger charge is 2.60. The van der Waals surface area contributed by atoms with Crippen LogP contribution < -0.4 is 0 Å². The monoisotopic (exact) mass is 355 g/mol. The van der Waals surface area contributed by atoms with Crippen molar-refractivity contribution < 1.29 is 14.3 Å². The van der Waals surface area contributed by atoms with Crippen LogP contribution in [-0.2, 0) is 15.9 Å². The lowest BCUT2D eigenvalue weighted by Gasteiger charge is -2.58.